The van der Waals surface area contributed by atoms with E-state index in [2.05, 4.69) is 125 Å². The van der Waals surface area contributed by atoms with Crippen LogP contribution in [0.1, 0.15) is 240 Å². The number of rotatable bonds is 36. The van der Waals surface area contributed by atoms with Gasteiger partial charge in [0.2, 0.25) is 0 Å². The van der Waals surface area contributed by atoms with E-state index in [1.54, 1.807) is 0 Å². The van der Waals surface area contributed by atoms with E-state index in [0.717, 1.165) is 0 Å². The molecule has 58 heavy (non-hydrogen) atoms. The van der Waals surface area contributed by atoms with Crippen LogP contribution >= 0.6 is 20.5 Å². The molecule has 0 spiro atoms. The van der Waals surface area contributed by atoms with Gasteiger partial charge >= 0.3 is 372 Å². The van der Waals surface area contributed by atoms with Crippen molar-refractivity contribution in [1.29, 1.82) is 0 Å². The second-order valence-electron chi connectivity index (χ2n) is 24.0. The van der Waals surface area contributed by atoms with Crippen LogP contribution in [0.15, 0.2) is 0 Å². The summed E-state index contributed by atoms with van der Waals surface area (Å²) in [6, 6.07) is 0. The number of hydrogen-bond donors (Lipinski definition) is 0. The average molecular weight is 879 g/mol. The Hall–Kier alpha value is 1.23. The second-order valence-corrected chi connectivity index (χ2v) is 40.8. The molecule has 7 heteroatoms. The van der Waals surface area contributed by atoms with E-state index < -0.39 is 27.8 Å². The predicted molar refractivity (Wildman–Crippen MR) is 281 cm³/mol. The molecule has 3 nitrogen and oxygen atoms in total. The Morgan fingerprint density at radius 3 is 0.517 bits per heavy atom. The molecule has 0 atom stereocenters. The number of unbranched alkanes of at least 4 members (excludes halogenated alkanes) is 9. The van der Waals surface area contributed by atoms with Crippen molar-refractivity contribution in [1.82, 2.24) is 0 Å². The van der Waals surface area contributed by atoms with Crippen LogP contribution in [-0.2, 0) is 13.3 Å². The molecule has 0 aliphatic carbocycles. The molecule has 0 saturated heterocycles. The summed E-state index contributed by atoms with van der Waals surface area (Å²) in [6.07, 6.45) is 36.8. The summed E-state index contributed by atoms with van der Waals surface area (Å²) >= 11 is 0. The van der Waals surface area contributed by atoms with Gasteiger partial charge in [0.1, 0.15) is 0 Å². The Morgan fingerprint density at radius 1 is 0.276 bits per heavy atom. The molecule has 0 bridgehead atoms. The van der Waals surface area contributed by atoms with E-state index in [0.29, 0.717) is 0 Å². The Balaban J connectivity index is 9.17. The third kappa shape index (κ3) is 20.4. The van der Waals surface area contributed by atoms with E-state index in [1.807, 2.05) is 0 Å². The van der Waals surface area contributed by atoms with Crippen molar-refractivity contribution < 1.29 is 13.3 Å². The summed E-state index contributed by atoms with van der Waals surface area (Å²) in [5.74, 6) is 0. The van der Waals surface area contributed by atoms with Gasteiger partial charge in [-0.1, -0.05) is 0 Å². The Bertz CT molecular complexity index is 868. The SMILES string of the molecule is CCCCP(CCCC)(CCCC)(CC(C)(C)C)OB(OP(CCCC)(CCCC)(CCCC)CC(C)(C)C)OP(CCCC)(CCCC)(CCCC)CC(C)(C)C. The molecule has 0 radical (unpaired) electrons. The third-order valence-electron chi connectivity index (χ3n) is 13.5. The summed E-state index contributed by atoms with van der Waals surface area (Å²) in [6.45, 7) is 35.7. The van der Waals surface area contributed by atoms with Gasteiger partial charge in [-0.2, -0.15) is 0 Å². The third-order valence-corrected chi connectivity index (χ3v) is 34.0. The maximum absolute atomic E-state index is 8.73. The van der Waals surface area contributed by atoms with E-state index in [-0.39, 0.29) is 16.2 Å². The first-order valence-electron chi connectivity index (χ1n) is 26.0. The monoisotopic (exact) mass is 879 g/mol. The van der Waals surface area contributed by atoms with Crippen LogP contribution in [0.2, 0.25) is 0 Å². The van der Waals surface area contributed by atoms with Crippen LogP contribution in [0.5, 0.6) is 0 Å². The number of hydrogen-bond acceptors (Lipinski definition) is 3. The molecule has 0 unspecified atom stereocenters. The molecule has 0 aromatic heterocycles. The molecule has 0 aliphatic heterocycles. The normalized spacial score (nSPS) is 15.7. The van der Waals surface area contributed by atoms with Gasteiger partial charge in [-0.05, 0) is 0 Å². The van der Waals surface area contributed by atoms with Crippen molar-refractivity contribution in [3.8, 4) is 0 Å². The van der Waals surface area contributed by atoms with E-state index in [4.69, 9.17) is 13.3 Å². The molecule has 0 heterocycles. The fourth-order valence-corrected chi connectivity index (χ4v) is 35.5. The zero-order valence-electron chi connectivity index (χ0n) is 43.9. The molecule has 0 fully saturated rings. The van der Waals surface area contributed by atoms with Crippen molar-refractivity contribution in [2.24, 2.45) is 16.2 Å². The van der Waals surface area contributed by atoms with Crippen molar-refractivity contribution in [3.63, 3.8) is 0 Å². The van der Waals surface area contributed by atoms with Gasteiger partial charge in [-0.25, -0.2) is 0 Å². The summed E-state index contributed by atoms with van der Waals surface area (Å²) in [7, 11) is -0.568. The molecular formula is C51H114BO3P3. The quantitative estimate of drug-likeness (QED) is 0.0464. The van der Waals surface area contributed by atoms with Gasteiger partial charge in [-0.3, -0.25) is 0 Å². The minimum atomic E-state index is -2.92. The van der Waals surface area contributed by atoms with Crippen molar-refractivity contribution in [2.75, 3.05) is 73.9 Å². The van der Waals surface area contributed by atoms with E-state index in [1.165, 1.54) is 190 Å². The molecule has 0 amide bonds. The second kappa shape index (κ2) is 26.3. The van der Waals surface area contributed by atoms with E-state index >= 15 is 0 Å². The molecule has 0 aliphatic rings. The van der Waals surface area contributed by atoms with Crippen molar-refractivity contribution in [2.45, 2.75) is 240 Å². The van der Waals surface area contributed by atoms with Crippen LogP contribution in [0.4, 0.5) is 0 Å². The average Bonchev–Trinajstić information content (AvgIpc) is 3.12. The first-order chi connectivity index (χ1) is 26.9. The molecule has 0 aromatic carbocycles. The Morgan fingerprint density at radius 2 is 0.414 bits per heavy atom. The molecule has 0 N–H and O–H groups in total. The fourth-order valence-electron chi connectivity index (χ4n) is 11.7. The standard InChI is InChI=1S/C51H114BO3P3/c1-19-28-37-56(38-29-20-2,39-30-21-3,46-49(10,11)12)53-52(54-57(40-31-22-4,41-32-23-5,42-33-24-6)47-50(13,14)15)55-58(43-34-25-7,44-35-26-8,45-36-27-9)48-51(16,17)18/h19-48H2,1-18H3. The van der Waals surface area contributed by atoms with Crippen LogP contribution < -0.4 is 0 Å². The van der Waals surface area contributed by atoms with E-state index in [9.17, 15) is 0 Å². The van der Waals surface area contributed by atoms with Gasteiger partial charge in [0.15, 0.2) is 0 Å². The molecule has 0 rings (SSSR count). The summed E-state index contributed by atoms with van der Waals surface area (Å²) in [5.41, 5.74) is 0.472. The van der Waals surface area contributed by atoms with Crippen LogP contribution in [0.3, 0.4) is 0 Å². The van der Waals surface area contributed by atoms with Gasteiger partial charge < -0.3 is 0 Å². The fraction of sp³-hybridized carbons (Fsp3) is 1.00. The molecule has 354 valence electrons. The first-order valence-corrected chi connectivity index (χ1v) is 34.7. The van der Waals surface area contributed by atoms with Gasteiger partial charge in [0.25, 0.3) is 0 Å². The summed E-state index contributed by atoms with van der Waals surface area (Å²) in [4.78, 5) is 0. The van der Waals surface area contributed by atoms with Crippen LogP contribution in [-0.4, -0.2) is 81.3 Å². The zero-order valence-corrected chi connectivity index (χ0v) is 46.5. The maximum atomic E-state index is 8.73. The molecule has 0 aromatic rings. The summed E-state index contributed by atoms with van der Waals surface area (Å²) in [5, 5.41) is 0. The van der Waals surface area contributed by atoms with Crippen molar-refractivity contribution >= 4 is 27.8 Å². The van der Waals surface area contributed by atoms with Crippen LogP contribution in [0, 0.1) is 16.2 Å². The first kappa shape index (κ1) is 59.2. The molecular weight excluding hydrogens is 764 g/mol. The Kier molecular flexibility index (Phi) is 26.8. The van der Waals surface area contributed by atoms with Crippen molar-refractivity contribution in [3.05, 3.63) is 0 Å². The van der Waals surface area contributed by atoms with Gasteiger partial charge in [0.05, 0.1) is 0 Å². The molecule has 0 saturated carbocycles. The van der Waals surface area contributed by atoms with Crippen LogP contribution in [0.25, 0.3) is 0 Å². The topological polar surface area (TPSA) is 27.7 Å². The van der Waals surface area contributed by atoms with Gasteiger partial charge in [-0.15, -0.1) is 0 Å². The predicted octanol–water partition coefficient (Wildman–Crippen LogP) is 18.8. The minimum absolute atomic E-state index is 0.157. The summed E-state index contributed by atoms with van der Waals surface area (Å²) < 4.78 is 26.2. The zero-order chi connectivity index (χ0) is 44.8. The van der Waals surface area contributed by atoms with Gasteiger partial charge in [0, 0.05) is 0 Å². The Labute approximate surface area is 370 Å².